The molecule has 5 nitrogen and oxygen atoms in total. The average Bonchev–Trinajstić information content (AvgIpc) is 3.31. The van der Waals surface area contributed by atoms with Gasteiger partial charge in [0.15, 0.2) is 0 Å². The van der Waals surface area contributed by atoms with Gasteiger partial charge >= 0.3 is 0 Å². The minimum absolute atomic E-state index is 0.0880. The van der Waals surface area contributed by atoms with E-state index in [1.807, 2.05) is 30.3 Å². The van der Waals surface area contributed by atoms with Gasteiger partial charge in [0, 0.05) is 28.4 Å². The maximum atomic E-state index is 13.2. The molecule has 0 heterocycles. The highest BCUT2D eigenvalue weighted by molar-refractivity contribution is 7.99. The van der Waals surface area contributed by atoms with Gasteiger partial charge in [-0.05, 0) is 55.2 Å². The van der Waals surface area contributed by atoms with Crippen LogP contribution in [0.1, 0.15) is 43.7 Å². The standard InChI is InChI=1S/C25H30Cl2N2O3S/c1-17(25(31)28-21-5-3-4-6-21)29(14-18-7-11-22(32-2)12-8-18)24(30)16-33-15-19-9-10-20(26)13-23(19)27/h7-13,17,21H,3-6,14-16H2,1-2H3,(H,28,31)/t17-/m1/s1. The van der Waals surface area contributed by atoms with Crippen molar-refractivity contribution >= 4 is 46.8 Å². The Hall–Kier alpha value is -1.89. The smallest absolute Gasteiger partial charge is 0.242 e. The highest BCUT2D eigenvalue weighted by atomic mass is 35.5. The predicted molar refractivity (Wildman–Crippen MR) is 136 cm³/mol. The second-order valence-corrected chi connectivity index (χ2v) is 10.1. The Balaban J connectivity index is 1.66. The predicted octanol–water partition coefficient (Wildman–Crippen LogP) is 5.71. The van der Waals surface area contributed by atoms with Crippen LogP contribution in [0.3, 0.4) is 0 Å². The fourth-order valence-electron chi connectivity index (χ4n) is 3.87. The first-order valence-electron chi connectivity index (χ1n) is 11.1. The number of rotatable bonds is 10. The number of ether oxygens (including phenoxy) is 1. The molecule has 1 saturated carbocycles. The lowest BCUT2D eigenvalue weighted by Crippen LogP contribution is -2.50. The number of hydrogen-bond acceptors (Lipinski definition) is 4. The first-order chi connectivity index (χ1) is 15.9. The molecule has 0 spiro atoms. The molecule has 33 heavy (non-hydrogen) atoms. The third-order valence-electron chi connectivity index (χ3n) is 5.88. The van der Waals surface area contributed by atoms with Crippen molar-refractivity contribution in [1.82, 2.24) is 10.2 Å². The molecule has 1 aliphatic rings. The first kappa shape index (κ1) is 25.7. The molecular formula is C25H30Cl2N2O3S. The summed E-state index contributed by atoms with van der Waals surface area (Å²) < 4.78 is 5.23. The highest BCUT2D eigenvalue weighted by Gasteiger charge is 2.28. The van der Waals surface area contributed by atoms with E-state index in [1.54, 1.807) is 31.1 Å². The molecule has 0 aromatic heterocycles. The summed E-state index contributed by atoms with van der Waals surface area (Å²) >= 11 is 13.7. The zero-order valence-corrected chi connectivity index (χ0v) is 21.3. The summed E-state index contributed by atoms with van der Waals surface area (Å²) in [6, 6.07) is 12.6. The van der Waals surface area contributed by atoms with E-state index < -0.39 is 6.04 Å². The molecule has 1 aliphatic carbocycles. The number of thioether (sulfide) groups is 1. The number of nitrogens with zero attached hydrogens (tertiary/aromatic N) is 1. The number of carbonyl (C=O) groups is 2. The maximum absolute atomic E-state index is 13.2. The van der Waals surface area contributed by atoms with Crippen molar-refractivity contribution in [1.29, 1.82) is 0 Å². The molecular weight excluding hydrogens is 479 g/mol. The average molecular weight is 509 g/mol. The Morgan fingerprint density at radius 2 is 1.85 bits per heavy atom. The van der Waals surface area contributed by atoms with Gasteiger partial charge in [0.2, 0.25) is 11.8 Å². The summed E-state index contributed by atoms with van der Waals surface area (Å²) in [7, 11) is 1.62. The van der Waals surface area contributed by atoms with Crippen molar-refractivity contribution < 1.29 is 14.3 Å². The van der Waals surface area contributed by atoms with Crippen LogP contribution in [0.2, 0.25) is 10.0 Å². The zero-order valence-electron chi connectivity index (χ0n) is 19.0. The van der Waals surface area contributed by atoms with Crippen LogP contribution < -0.4 is 10.1 Å². The van der Waals surface area contributed by atoms with Gasteiger partial charge in [-0.3, -0.25) is 9.59 Å². The largest absolute Gasteiger partial charge is 0.497 e. The molecule has 0 radical (unpaired) electrons. The SMILES string of the molecule is COc1ccc(CN(C(=O)CSCc2ccc(Cl)cc2Cl)[C@H](C)C(=O)NC2CCCC2)cc1. The number of nitrogens with one attached hydrogen (secondary N) is 1. The molecule has 0 bridgehead atoms. The fraction of sp³-hybridized carbons (Fsp3) is 0.440. The third-order valence-corrected chi connectivity index (χ3v) is 7.43. The highest BCUT2D eigenvalue weighted by Crippen LogP contribution is 2.25. The molecule has 0 unspecified atom stereocenters. The van der Waals surface area contributed by atoms with Crippen molar-refractivity contribution in [2.45, 2.75) is 57.0 Å². The zero-order chi connectivity index (χ0) is 23.8. The lowest BCUT2D eigenvalue weighted by molar-refractivity contribution is -0.138. The molecule has 2 aromatic carbocycles. The van der Waals surface area contributed by atoms with Crippen LogP contribution in [-0.2, 0) is 21.9 Å². The monoisotopic (exact) mass is 508 g/mol. The molecule has 2 amide bonds. The summed E-state index contributed by atoms with van der Waals surface area (Å²) in [6.45, 7) is 2.15. The Morgan fingerprint density at radius 1 is 1.15 bits per heavy atom. The summed E-state index contributed by atoms with van der Waals surface area (Å²) in [6.07, 6.45) is 4.28. The van der Waals surface area contributed by atoms with Crippen molar-refractivity contribution in [3.8, 4) is 5.75 Å². The van der Waals surface area contributed by atoms with Gasteiger partial charge in [-0.15, -0.1) is 11.8 Å². The molecule has 1 fully saturated rings. The normalized spacial score (nSPS) is 14.7. The quantitative estimate of drug-likeness (QED) is 0.446. The van der Waals surface area contributed by atoms with Crippen molar-refractivity contribution in [3.05, 3.63) is 63.6 Å². The molecule has 178 valence electrons. The molecule has 1 atom stereocenters. The summed E-state index contributed by atoms with van der Waals surface area (Å²) in [5.74, 6) is 1.39. The van der Waals surface area contributed by atoms with Crippen LogP contribution in [0.4, 0.5) is 0 Å². The second kappa shape index (κ2) is 12.5. The summed E-state index contributed by atoms with van der Waals surface area (Å²) in [5, 5.41) is 4.29. The Kier molecular flexibility index (Phi) is 9.78. The van der Waals surface area contributed by atoms with Gasteiger partial charge in [0.05, 0.1) is 12.9 Å². The van der Waals surface area contributed by atoms with Gasteiger partial charge in [-0.25, -0.2) is 0 Å². The number of methoxy groups -OCH3 is 1. The molecule has 8 heteroatoms. The van der Waals surface area contributed by atoms with Crippen molar-refractivity contribution in [2.75, 3.05) is 12.9 Å². The number of halogens is 2. The molecule has 3 rings (SSSR count). The van der Waals surface area contributed by atoms with E-state index in [1.165, 1.54) is 11.8 Å². The van der Waals surface area contributed by atoms with Gasteiger partial charge in [-0.1, -0.05) is 54.2 Å². The Labute approximate surface area is 210 Å². The minimum atomic E-state index is -0.570. The van der Waals surface area contributed by atoms with Crippen LogP contribution in [0.25, 0.3) is 0 Å². The minimum Gasteiger partial charge on any atom is -0.497 e. The van der Waals surface area contributed by atoms with E-state index in [-0.39, 0.29) is 23.6 Å². The number of carbonyl (C=O) groups excluding carboxylic acids is 2. The molecule has 0 saturated heterocycles. The van der Waals surface area contributed by atoms with Gasteiger partial charge in [0.25, 0.3) is 0 Å². The van der Waals surface area contributed by atoms with E-state index in [2.05, 4.69) is 5.32 Å². The topological polar surface area (TPSA) is 58.6 Å². The van der Waals surface area contributed by atoms with Gasteiger partial charge in [0.1, 0.15) is 11.8 Å². The van der Waals surface area contributed by atoms with Crippen molar-refractivity contribution in [2.24, 2.45) is 0 Å². The van der Waals surface area contributed by atoms with E-state index in [0.717, 1.165) is 42.6 Å². The lowest BCUT2D eigenvalue weighted by Gasteiger charge is -2.29. The first-order valence-corrected chi connectivity index (χ1v) is 13.0. The Morgan fingerprint density at radius 3 is 2.48 bits per heavy atom. The van der Waals surface area contributed by atoms with Crippen LogP contribution in [0, 0.1) is 0 Å². The van der Waals surface area contributed by atoms with Crippen LogP contribution >= 0.6 is 35.0 Å². The van der Waals surface area contributed by atoms with Crippen LogP contribution in [0.5, 0.6) is 5.75 Å². The van der Waals surface area contributed by atoms with Crippen molar-refractivity contribution in [3.63, 3.8) is 0 Å². The third kappa shape index (κ3) is 7.56. The molecule has 2 aromatic rings. The number of amides is 2. The molecule has 0 aliphatic heterocycles. The fourth-order valence-corrected chi connectivity index (χ4v) is 5.34. The van der Waals surface area contributed by atoms with E-state index in [4.69, 9.17) is 27.9 Å². The van der Waals surface area contributed by atoms with Crippen LogP contribution in [-0.4, -0.2) is 41.7 Å². The van der Waals surface area contributed by atoms with Gasteiger partial charge in [-0.2, -0.15) is 0 Å². The number of hydrogen-bond donors (Lipinski definition) is 1. The summed E-state index contributed by atoms with van der Waals surface area (Å²) in [5.41, 5.74) is 1.86. The maximum Gasteiger partial charge on any atom is 0.242 e. The Bertz CT molecular complexity index is 949. The second-order valence-electron chi connectivity index (χ2n) is 8.26. The molecule has 1 N–H and O–H groups in total. The lowest BCUT2D eigenvalue weighted by atomic mass is 10.1. The van der Waals surface area contributed by atoms with E-state index >= 15 is 0 Å². The van der Waals surface area contributed by atoms with Crippen LogP contribution in [0.15, 0.2) is 42.5 Å². The van der Waals surface area contributed by atoms with Gasteiger partial charge < -0.3 is 15.0 Å². The summed E-state index contributed by atoms with van der Waals surface area (Å²) in [4.78, 5) is 27.8. The van der Waals surface area contributed by atoms with E-state index in [9.17, 15) is 9.59 Å². The number of benzene rings is 2. The van der Waals surface area contributed by atoms with E-state index in [0.29, 0.717) is 22.3 Å².